The van der Waals surface area contributed by atoms with Gasteiger partial charge in [0.05, 0.1) is 0 Å². The first-order valence-corrected chi connectivity index (χ1v) is 6.07. The molecule has 1 aromatic rings. The zero-order valence-electron chi connectivity index (χ0n) is 10.2. The van der Waals surface area contributed by atoms with E-state index in [9.17, 15) is 4.39 Å². The molecule has 0 heterocycles. The molecule has 0 spiro atoms. The zero-order valence-corrected chi connectivity index (χ0v) is 10.2. The standard InChI is InChI=1S/C12H17F.C2H6/c1-2-3-4-5-6-11-7-9-12(13)10-8-11;1-2/h7-10H,2-6H2,1H3;1-2H3. The van der Waals surface area contributed by atoms with Crippen LogP contribution in [0.3, 0.4) is 0 Å². The molecular formula is C14H23F. The second-order valence-electron chi connectivity index (χ2n) is 3.44. The van der Waals surface area contributed by atoms with Gasteiger partial charge in [0.15, 0.2) is 0 Å². The lowest BCUT2D eigenvalue weighted by molar-refractivity contribution is 0.625. The highest BCUT2D eigenvalue weighted by Gasteiger charge is 1.93. The molecule has 15 heavy (non-hydrogen) atoms. The summed E-state index contributed by atoms with van der Waals surface area (Å²) in [6.45, 7) is 6.21. The van der Waals surface area contributed by atoms with E-state index >= 15 is 0 Å². The molecule has 0 aromatic heterocycles. The van der Waals surface area contributed by atoms with Gasteiger partial charge in [-0.3, -0.25) is 0 Å². The Morgan fingerprint density at radius 3 is 2.07 bits per heavy atom. The Kier molecular flexibility index (Phi) is 9.15. The molecule has 86 valence electrons. The van der Waals surface area contributed by atoms with Crippen molar-refractivity contribution in [2.24, 2.45) is 0 Å². The van der Waals surface area contributed by atoms with Crippen LogP contribution in [0.2, 0.25) is 0 Å². The molecule has 0 radical (unpaired) electrons. The Hall–Kier alpha value is -0.850. The molecule has 0 N–H and O–H groups in total. The number of halogens is 1. The van der Waals surface area contributed by atoms with Gasteiger partial charge in [-0.15, -0.1) is 0 Å². The van der Waals surface area contributed by atoms with Crippen molar-refractivity contribution in [3.63, 3.8) is 0 Å². The van der Waals surface area contributed by atoms with Gasteiger partial charge in [0.2, 0.25) is 0 Å². The van der Waals surface area contributed by atoms with Gasteiger partial charge in [0.1, 0.15) is 5.82 Å². The number of hydrogen-bond acceptors (Lipinski definition) is 0. The largest absolute Gasteiger partial charge is 0.207 e. The molecule has 0 bridgehead atoms. The zero-order chi connectivity index (χ0) is 11.5. The van der Waals surface area contributed by atoms with Crippen LogP contribution in [0.1, 0.15) is 52.0 Å². The maximum Gasteiger partial charge on any atom is 0.123 e. The molecule has 1 heteroatoms. The van der Waals surface area contributed by atoms with Crippen molar-refractivity contribution in [1.82, 2.24) is 0 Å². The predicted octanol–water partition coefficient (Wildman–Crippen LogP) is 4.97. The molecule has 0 saturated heterocycles. The summed E-state index contributed by atoms with van der Waals surface area (Å²) in [7, 11) is 0. The van der Waals surface area contributed by atoms with Crippen LogP contribution in [0.25, 0.3) is 0 Å². The number of rotatable bonds is 5. The van der Waals surface area contributed by atoms with E-state index in [2.05, 4.69) is 6.92 Å². The van der Waals surface area contributed by atoms with Gasteiger partial charge < -0.3 is 0 Å². The third kappa shape index (κ3) is 7.12. The average molecular weight is 210 g/mol. The fraction of sp³-hybridized carbons (Fsp3) is 0.571. The minimum Gasteiger partial charge on any atom is -0.207 e. The summed E-state index contributed by atoms with van der Waals surface area (Å²) in [5, 5.41) is 0. The van der Waals surface area contributed by atoms with E-state index in [-0.39, 0.29) is 5.82 Å². The van der Waals surface area contributed by atoms with Crippen LogP contribution in [-0.2, 0) is 6.42 Å². The van der Waals surface area contributed by atoms with Crippen molar-refractivity contribution in [2.75, 3.05) is 0 Å². The van der Waals surface area contributed by atoms with Crippen LogP contribution in [0.5, 0.6) is 0 Å². The third-order valence-corrected chi connectivity index (χ3v) is 2.23. The molecule has 0 unspecified atom stereocenters. The van der Waals surface area contributed by atoms with Crippen LogP contribution < -0.4 is 0 Å². The van der Waals surface area contributed by atoms with Crippen molar-refractivity contribution < 1.29 is 4.39 Å². The summed E-state index contributed by atoms with van der Waals surface area (Å²) in [4.78, 5) is 0. The van der Waals surface area contributed by atoms with Crippen molar-refractivity contribution in [1.29, 1.82) is 0 Å². The molecule has 0 aliphatic rings. The minimum atomic E-state index is -0.141. The Labute approximate surface area is 93.5 Å². The van der Waals surface area contributed by atoms with Crippen molar-refractivity contribution in [3.8, 4) is 0 Å². The van der Waals surface area contributed by atoms with E-state index in [0.717, 1.165) is 6.42 Å². The predicted molar refractivity (Wildman–Crippen MR) is 65.6 cm³/mol. The van der Waals surface area contributed by atoms with Crippen LogP contribution in [0.4, 0.5) is 4.39 Å². The first-order valence-electron chi connectivity index (χ1n) is 6.07. The summed E-state index contributed by atoms with van der Waals surface area (Å²) in [5.41, 5.74) is 1.25. The van der Waals surface area contributed by atoms with Gasteiger partial charge in [-0.1, -0.05) is 52.2 Å². The Morgan fingerprint density at radius 2 is 1.53 bits per heavy atom. The van der Waals surface area contributed by atoms with Gasteiger partial charge in [-0.05, 0) is 30.5 Å². The molecule has 0 fully saturated rings. The van der Waals surface area contributed by atoms with E-state index in [1.165, 1.54) is 43.4 Å². The molecular weight excluding hydrogens is 187 g/mol. The van der Waals surface area contributed by atoms with Crippen molar-refractivity contribution in [2.45, 2.75) is 52.9 Å². The van der Waals surface area contributed by atoms with Crippen molar-refractivity contribution in [3.05, 3.63) is 35.6 Å². The van der Waals surface area contributed by atoms with Crippen LogP contribution >= 0.6 is 0 Å². The fourth-order valence-corrected chi connectivity index (χ4v) is 1.41. The molecule has 0 atom stereocenters. The third-order valence-electron chi connectivity index (χ3n) is 2.23. The first kappa shape index (κ1) is 14.2. The lowest BCUT2D eigenvalue weighted by atomic mass is 10.1. The maximum absolute atomic E-state index is 12.5. The number of aryl methyl sites for hydroxylation is 1. The topological polar surface area (TPSA) is 0 Å². The summed E-state index contributed by atoms with van der Waals surface area (Å²) in [6, 6.07) is 6.83. The highest BCUT2D eigenvalue weighted by molar-refractivity contribution is 5.15. The molecule has 0 nitrogen and oxygen atoms in total. The Morgan fingerprint density at radius 1 is 0.933 bits per heavy atom. The van der Waals surface area contributed by atoms with E-state index < -0.39 is 0 Å². The van der Waals surface area contributed by atoms with Crippen LogP contribution in [-0.4, -0.2) is 0 Å². The maximum atomic E-state index is 12.5. The van der Waals surface area contributed by atoms with Gasteiger partial charge in [-0.25, -0.2) is 4.39 Å². The SMILES string of the molecule is CC.CCCCCCc1ccc(F)cc1. The highest BCUT2D eigenvalue weighted by atomic mass is 19.1. The van der Waals surface area contributed by atoms with E-state index in [4.69, 9.17) is 0 Å². The molecule has 0 aliphatic carbocycles. The molecule has 0 amide bonds. The average Bonchev–Trinajstić information content (AvgIpc) is 2.30. The molecule has 1 aromatic carbocycles. The van der Waals surface area contributed by atoms with Gasteiger partial charge >= 0.3 is 0 Å². The van der Waals surface area contributed by atoms with E-state index in [1.54, 1.807) is 0 Å². The van der Waals surface area contributed by atoms with Gasteiger partial charge in [0.25, 0.3) is 0 Å². The van der Waals surface area contributed by atoms with Crippen molar-refractivity contribution >= 4 is 0 Å². The Bertz CT molecular complexity index is 226. The van der Waals surface area contributed by atoms with Gasteiger partial charge in [0, 0.05) is 0 Å². The second kappa shape index (κ2) is 9.70. The Balaban J connectivity index is 0.000000921. The highest BCUT2D eigenvalue weighted by Crippen LogP contribution is 2.08. The van der Waals surface area contributed by atoms with E-state index in [0.29, 0.717) is 0 Å². The normalized spacial score (nSPS) is 9.33. The lowest BCUT2D eigenvalue weighted by Crippen LogP contribution is -1.85. The van der Waals surface area contributed by atoms with Crippen LogP contribution in [0, 0.1) is 5.82 Å². The van der Waals surface area contributed by atoms with E-state index in [1.807, 2.05) is 26.0 Å². The first-order chi connectivity index (χ1) is 7.33. The quantitative estimate of drug-likeness (QED) is 0.602. The fourth-order valence-electron chi connectivity index (χ4n) is 1.41. The smallest absolute Gasteiger partial charge is 0.123 e. The molecule has 1 rings (SSSR count). The summed E-state index contributed by atoms with van der Waals surface area (Å²) < 4.78 is 12.5. The summed E-state index contributed by atoms with van der Waals surface area (Å²) in [5.74, 6) is -0.141. The number of hydrogen-bond donors (Lipinski definition) is 0. The number of benzene rings is 1. The second-order valence-corrected chi connectivity index (χ2v) is 3.44. The van der Waals surface area contributed by atoms with Gasteiger partial charge in [-0.2, -0.15) is 0 Å². The summed E-state index contributed by atoms with van der Waals surface area (Å²) in [6.07, 6.45) is 6.16. The summed E-state index contributed by atoms with van der Waals surface area (Å²) >= 11 is 0. The minimum absolute atomic E-state index is 0.141. The van der Waals surface area contributed by atoms with Crippen LogP contribution in [0.15, 0.2) is 24.3 Å². The molecule has 0 aliphatic heterocycles. The molecule has 0 saturated carbocycles. The lowest BCUT2D eigenvalue weighted by Gasteiger charge is -2.00. The monoisotopic (exact) mass is 210 g/mol. The number of unbranched alkanes of at least 4 members (excludes halogenated alkanes) is 3.